The first-order chi connectivity index (χ1) is 15.1. The summed E-state index contributed by atoms with van der Waals surface area (Å²) in [6.45, 7) is 7.19. The molecule has 2 aromatic rings. The summed E-state index contributed by atoms with van der Waals surface area (Å²) in [5, 5.41) is 2.01. The largest absolute Gasteiger partial charge is 0.466 e. The van der Waals surface area contributed by atoms with E-state index >= 15 is 0 Å². The molecule has 0 saturated carbocycles. The summed E-state index contributed by atoms with van der Waals surface area (Å²) in [4.78, 5) is 37.8. The second-order valence-electron chi connectivity index (χ2n) is 8.54. The Labute approximate surface area is 187 Å². The smallest absolute Gasteiger partial charge is 0.307 e. The van der Waals surface area contributed by atoms with E-state index in [-0.39, 0.29) is 17.9 Å². The summed E-state index contributed by atoms with van der Waals surface area (Å²) < 4.78 is 7.26. The lowest BCUT2D eigenvalue weighted by Crippen LogP contribution is -2.41. The van der Waals surface area contributed by atoms with Crippen molar-refractivity contribution in [3.63, 3.8) is 0 Å². The number of piperidine rings is 1. The second kappa shape index (κ2) is 10.1. The second-order valence-corrected chi connectivity index (χ2v) is 9.41. The van der Waals surface area contributed by atoms with Crippen molar-refractivity contribution in [3.8, 4) is 0 Å². The predicted octanol–water partition coefficient (Wildman–Crippen LogP) is 2.48. The van der Waals surface area contributed by atoms with E-state index in [0.717, 1.165) is 69.1 Å². The minimum Gasteiger partial charge on any atom is -0.466 e. The zero-order valence-corrected chi connectivity index (χ0v) is 19.4. The number of fused-ring (bicyclic) bond motifs is 1. The lowest BCUT2D eigenvalue weighted by atomic mass is 9.99. The van der Waals surface area contributed by atoms with Gasteiger partial charge >= 0.3 is 5.97 Å². The molecule has 0 unspecified atom stereocenters. The number of thiazole rings is 1. The molecule has 2 aliphatic heterocycles. The van der Waals surface area contributed by atoms with Crippen molar-refractivity contribution in [2.75, 3.05) is 46.4 Å². The highest BCUT2D eigenvalue weighted by atomic mass is 32.1. The van der Waals surface area contributed by atoms with Crippen LogP contribution in [0.5, 0.6) is 0 Å². The van der Waals surface area contributed by atoms with Crippen LogP contribution in [0.25, 0.3) is 4.96 Å². The van der Waals surface area contributed by atoms with E-state index in [4.69, 9.17) is 9.72 Å². The van der Waals surface area contributed by atoms with Crippen molar-refractivity contribution in [1.82, 2.24) is 24.1 Å². The Bertz CT molecular complexity index is 910. The van der Waals surface area contributed by atoms with E-state index in [2.05, 4.69) is 21.2 Å². The molecule has 1 atom stereocenters. The van der Waals surface area contributed by atoms with Gasteiger partial charge in [0.05, 0.1) is 18.7 Å². The van der Waals surface area contributed by atoms with Crippen molar-refractivity contribution in [1.29, 1.82) is 0 Å². The Morgan fingerprint density at radius 3 is 2.87 bits per heavy atom. The molecule has 4 heterocycles. The first kappa shape index (κ1) is 22.2. The summed E-state index contributed by atoms with van der Waals surface area (Å²) in [5.74, 6) is -0.112. The summed E-state index contributed by atoms with van der Waals surface area (Å²) in [6, 6.07) is 0.145. The number of amides is 1. The third kappa shape index (κ3) is 5.10. The molecule has 4 rings (SSSR count). The van der Waals surface area contributed by atoms with Crippen molar-refractivity contribution >= 4 is 28.2 Å². The fourth-order valence-electron chi connectivity index (χ4n) is 4.66. The Balaban J connectivity index is 1.57. The van der Waals surface area contributed by atoms with E-state index in [1.807, 2.05) is 23.4 Å². The molecule has 0 N–H and O–H groups in total. The summed E-state index contributed by atoms with van der Waals surface area (Å²) in [7, 11) is 2.10. The van der Waals surface area contributed by atoms with Gasteiger partial charge in [-0.2, -0.15) is 0 Å². The molecule has 0 aromatic carbocycles. The quantitative estimate of drug-likeness (QED) is 0.634. The number of esters is 1. The zero-order chi connectivity index (χ0) is 21.8. The van der Waals surface area contributed by atoms with Gasteiger partial charge in [0.1, 0.15) is 0 Å². The molecule has 0 radical (unpaired) electrons. The molecular weight excluding hydrogens is 414 g/mol. The maximum atomic E-state index is 13.5. The van der Waals surface area contributed by atoms with Crippen LogP contribution >= 0.6 is 11.3 Å². The Hall–Kier alpha value is -1.97. The number of ether oxygens (including phenoxy) is 1. The predicted molar refractivity (Wildman–Crippen MR) is 120 cm³/mol. The minimum atomic E-state index is -0.140. The zero-order valence-electron chi connectivity index (χ0n) is 18.6. The third-order valence-electron chi connectivity index (χ3n) is 6.38. The topological polar surface area (TPSA) is 70.4 Å². The van der Waals surface area contributed by atoms with Crippen molar-refractivity contribution in [3.05, 3.63) is 23.0 Å². The fourth-order valence-corrected chi connectivity index (χ4v) is 5.39. The number of aromatic nitrogens is 2. The van der Waals surface area contributed by atoms with Gasteiger partial charge in [-0.15, -0.1) is 11.3 Å². The van der Waals surface area contributed by atoms with Gasteiger partial charge in [-0.1, -0.05) is 6.42 Å². The van der Waals surface area contributed by atoms with Crippen LogP contribution in [0, 0.1) is 0 Å². The van der Waals surface area contributed by atoms with Gasteiger partial charge in [0.25, 0.3) is 5.91 Å². The highest BCUT2D eigenvalue weighted by Gasteiger charge is 2.30. The average molecular weight is 448 g/mol. The van der Waals surface area contributed by atoms with Gasteiger partial charge in [0.15, 0.2) is 10.7 Å². The molecule has 31 heavy (non-hydrogen) atoms. The molecule has 0 aliphatic carbocycles. The van der Waals surface area contributed by atoms with Gasteiger partial charge in [-0.05, 0) is 46.3 Å². The van der Waals surface area contributed by atoms with Gasteiger partial charge in [-0.25, -0.2) is 4.98 Å². The Morgan fingerprint density at radius 1 is 1.16 bits per heavy atom. The fraction of sp³-hybridized carbons (Fsp3) is 0.682. The van der Waals surface area contributed by atoms with Gasteiger partial charge < -0.3 is 14.5 Å². The van der Waals surface area contributed by atoms with E-state index < -0.39 is 0 Å². The molecule has 9 heteroatoms. The van der Waals surface area contributed by atoms with Crippen molar-refractivity contribution < 1.29 is 14.3 Å². The van der Waals surface area contributed by atoms with Crippen LogP contribution in [0.4, 0.5) is 0 Å². The summed E-state index contributed by atoms with van der Waals surface area (Å²) >= 11 is 1.55. The van der Waals surface area contributed by atoms with Gasteiger partial charge in [-0.3, -0.25) is 18.9 Å². The van der Waals surface area contributed by atoms with Crippen LogP contribution in [-0.2, 0) is 16.1 Å². The van der Waals surface area contributed by atoms with Crippen LogP contribution < -0.4 is 0 Å². The Morgan fingerprint density at radius 2 is 2.03 bits per heavy atom. The van der Waals surface area contributed by atoms with E-state index in [9.17, 15) is 9.59 Å². The summed E-state index contributed by atoms with van der Waals surface area (Å²) in [5.41, 5.74) is 1.51. The van der Waals surface area contributed by atoms with Crippen LogP contribution in [0.1, 0.15) is 55.2 Å². The molecule has 170 valence electrons. The average Bonchev–Trinajstić information content (AvgIpc) is 3.27. The summed E-state index contributed by atoms with van der Waals surface area (Å²) in [6.07, 6.45) is 6.58. The van der Waals surface area contributed by atoms with E-state index in [1.54, 1.807) is 11.3 Å². The molecule has 2 saturated heterocycles. The molecule has 8 nitrogen and oxygen atoms in total. The number of imidazole rings is 1. The molecule has 2 aromatic heterocycles. The third-order valence-corrected chi connectivity index (χ3v) is 7.14. The molecule has 0 spiro atoms. The maximum Gasteiger partial charge on any atom is 0.307 e. The van der Waals surface area contributed by atoms with Crippen molar-refractivity contribution in [2.24, 2.45) is 0 Å². The number of rotatable bonds is 6. The Kier molecular flexibility index (Phi) is 7.24. The first-order valence-corrected chi connectivity index (χ1v) is 12.3. The van der Waals surface area contributed by atoms with Crippen LogP contribution in [0.15, 0.2) is 11.6 Å². The number of likely N-dealkylation sites (N-methyl/N-ethyl adjacent to an activating group) is 1. The van der Waals surface area contributed by atoms with Crippen LogP contribution in [0.2, 0.25) is 0 Å². The SMILES string of the molecule is CCOC(=O)C[C@@H]1CCCCN1Cc1c(C(=O)N2CCCN(C)CC2)nc2sccn12. The number of carbonyl (C=O) groups is 2. The molecular formula is C22H33N5O3S. The number of likely N-dealkylation sites (tertiary alicyclic amines) is 1. The monoisotopic (exact) mass is 447 g/mol. The van der Waals surface area contributed by atoms with Crippen molar-refractivity contribution in [2.45, 2.75) is 51.6 Å². The molecule has 2 fully saturated rings. The highest BCUT2D eigenvalue weighted by Crippen LogP contribution is 2.26. The molecule has 1 amide bonds. The lowest BCUT2D eigenvalue weighted by molar-refractivity contribution is -0.145. The molecule has 0 bridgehead atoms. The number of hydrogen-bond acceptors (Lipinski definition) is 7. The normalized spacial score (nSPS) is 21.4. The first-order valence-electron chi connectivity index (χ1n) is 11.4. The van der Waals surface area contributed by atoms with Crippen LogP contribution in [-0.4, -0.2) is 88.4 Å². The van der Waals surface area contributed by atoms with E-state index in [0.29, 0.717) is 25.3 Å². The molecule has 2 aliphatic rings. The highest BCUT2D eigenvalue weighted by molar-refractivity contribution is 7.15. The van der Waals surface area contributed by atoms with Crippen LogP contribution in [0.3, 0.4) is 0 Å². The van der Waals surface area contributed by atoms with Gasteiger partial charge in [0, 0.05) is 43.8 Å². The lowest BCUT2D eigenvalue weighted by Gasteiger charge is -2.35. The maximum absolute atomic E-state index is 13.5. The number of nitrogens with zero attached hydrogens (tertiary/aromatic N) is 5. The van der Waals surface area contributed by atoms with Gasteiger partial charge in [0.2, 0.25) is 0 Å². The standard InChI is InChI=1S/C22H33N5O3S/c1-3-30-19(28)15-17-7-4-5-9-26(17)16-18-20(23-22-27(18)13-14-31-22)21(29)25-10-6-8-24(2)11-12-25/h13-14,17H,3-12,15-16H2,1-2H3/t17-/m0/s1. The minimum absolute atomic E-state index is 0.0279. The van der Waals surface area contributed by atoms with E-state index in [1.165, 1.54) is 0 Å². The number of carbonyl (C=O) groups excluding carboxylic acids is 2. The number of hydrogen-bond donors (Lipinski definition) is 0.